The van der Waals surface area contributed by atoms with Crippen molar-refractivity contribution in [3.8, 4) is 34.2 Å². The van der Waals surface area contributed by atoms with Gasteiger partial charge in [-0.1, -0.05) is 35.9 Å². The van der Waals surface area contributed by atoms with Crippen molar-refractivity contribution >= 4 is 11.6 Å². The SMILES string of the molecule is CCOc1ccc(-c2cc(-c3ccc(Cl)cc3)[nH]c(=O)c2C#N)cc1. The van der Waals surface area contributed by atoms with E-state index >= 15 is 0 Å². The third kappa shape index (κ3) is 3.57. The van der Waals surface area contributed by atoms with Crippen LogP contribution in [0.1, 0.15) is 12.5 Å². The number of aromatic amines is 1. The highest BCUT2D eigenvalue weighted by Crippen LogP contribution is 2.28. The van der Waals surface area contributed by atoms with E-state index in [0.29, 0.717) is 22.9 Å². The zero-order valence-corrected chi connectivity index (χ0v) is 14.3. The van der Waals surface area contributed by atoms with E-state index in [1.165, 1.54) is 0 Å². The van der Waals surface area contributed by atoms with Crippen molar-refractivity contribution < 1.29 is 4.74 Å². The van der Waals surface area contributed by atoms with Crippen LogP contribution in [-0.2, 0) is 0 Å². The number of halogens is 1. The number of nitrogens with one attached hydrogen (secondary N) is 1. The van der Waals surface area contributed by atoms with Gasteiger partial charge < -0.3 is 9.72 Å². The van der Waals surface area contributed by atoms with Gasteiger partial charge in [-0.25, -0.2) is 0 Å². The van der Waals surface area contributed by atoms with Gasteiger partial charge in [-0.05, 0) is 48.4 Å². The molecule has 0 aliphatic heterocycles. The molecule has 2 aromatic carbocycles. The smallest absolute Gasteiger partial charge is 0.266 e. The minimum absolute atomic E-state index is 0.0851. The summed E-state index contributed by atoms with van der Waals surface area (Å²) < 4.78 is 5.44. The molecule has 0 saturated heterocycles. The molecular formula is C20H15ClN2O2. The number of benzene rings is 2. The number of hydrogen-bond donors (Lipinski definition) is 1. The van der Waals surface area contributed by atoms with Crippen LogP contribution in [0.25, 0.3) is 22.4 Å². The fourth-order valence-corrected chi connectivity index (χ4v) is 2.71. The number of H-pyrrole nitrogens is 1. The van der Waals surface area contributed by atoms with Gasteiger partial charge in [-0.3, -0.25) is 4.79 Å². The average Bonchev–Trinajstić information content (AvgIpc) is 2.62. The van der Waals surface area contributed by atoms with Crippen LogP contribution in [0.15, 0.2) is 59.4 Å². The van der Waals surface area contributed by atoms with Gasteiger partial charge in [0.2, 0.25) is 0 Å². The number of pyridine rings is 1. The lowest BCUT2D eigenvalue weighted by Crippen LogP contribution is -2.12. The summed E-state index contributed by atoms with van der Waals surface area (Å²) in [6.45, 7) is 2.49. The number of aromatic nitrogens is 1. The maximum atomic E-state index is 12.3. The molecule has 0 bridgehead atoms. The summed E-state index contributed by atoms with van der Waals surface area (Å²) in [5, 5.41) is 10.0. The van der Waals surface area contributed by atoms with Crippen LogP contribution in [0, 0.1) is 11.3 Å². The van der Waals surface area contributed by atoms with Crippen molar-refractivity contribution in [2.75, 3.05) is 6.61 Å². The van der Waals surface area contributed by atoms with E-state index < -0.39 is 5.56 Å². The maximum Gasteiger partial charge on any atom is 0.266 e. The van der Waals surface area contributed by atoms with Crippen molar-refractivity contribution in [1.82, 2.24) is 4.98 Å². The van der Waals surface area contributed by atoms with E-state index in [0.717, 1.165) is 16.9 Å². The lowest BCUT2D eigenvalue weighted by atomic mass is 9.99. The Morgan fingerprint density at radius 2 is 1.72 bits per heavy atom. The van der Waals surface area contributed by atoms with E-state index in [1.54, 1.807) is 18.2 Å². The molecule has 5 heteroatoms. The zero-order valence-electron chi connectivity index (χ0n) is 13.5. The van der Waals surface area contributed by atoms with Gasteiger partial charge in [-0.15, -0.1) is 0 Å². The molecule has 0 aliphatic carbocycles. The number of rotatable bonds is 4. The fraction of sp³-hybridized carbons (Fsp3) is 0.100. The number of hydrogen-bond acceptors (Lipinski definition) is 3. The molecule has 1 aromatic heterocycles. The molecular weight excluding hydrogens is 336 g/mol. The molecule has 124 valence electrons. The van der Waals surface area contributed by atoms with Crippen LogP contribution >= 0.6 is 11.6 Å². The molecule has 0 amide bonds. The first-order chi connectivity index (χ1) is 12.1. The predicted octanol–water partition coefficient (Wildman–Crippen LogP) is 4.63. The molecule has 3 rings (SSSR count). The standard InChI is InChI=1S/C20H15ClN2O2/c1-2-25-16-9-5-13(6-10-16)17-11-19(23-20(24)18(17)12-22)14-3-7-15(21)8-4-14/h3-11H,2H2,1H3,(H,23,24). The molecule has 0 radical (unpaired) electrons. The Labute approximate surface area is 150 Å². The average molecular weight is 351 g/mol. The minimum atomic E-state index is -0.418. The molecule has 0 saturated carbocycles. The van der Waals surface area contributed by atoms with Crippen molar-refractivity contribution in [2.24, 2.45) is 0 Å². The van der Waals surface area contributed by atoms with Crippen LogP contribution in [0.2, 0.25) is 5.02 Å². The molecule has 0 fully saturated rings. The monoisotopic (exact) mass is 350 g/mol. The molecule has 0 unspecified atom stereocenters. The van der Waals surface area contributed by atoms with E-state index in [9.17, 15) is 10.1 Å². The van der Waals surface area contributed by atoms with Gasteiger partial charge >= 0.3 is 0 Å². The summed E-state index contributed by atoms with van der Waals surface area (Å²) in [5.41, 5.74) is 2.48. The van der Waals surface area contributed by atoms with Crippen LogP contribution < -0.4 is 10.3 Å². The first-order valence-corrected chi connectivity index (χ1v) is 8.16. The van der Waals surface area contributed by atoms with Gasteiger partial charge in [-0.2, -0.15) is 5.26 Å². The summed E-state index contributed by atoms with van der Waals surface area (Å²) in [4.78, 5) is 15.1. The second kappa shape index (κ2) is 7.25. The number of nitrogens with zero attached hydrogens (tertiary/aromatic N) is 1. The Kier molecular flexibility index (Phi) is 4.87. The third-order valence-electron chi connectivity index (χ3n) is 3.78. The summed E-state index contributed by atoms with van der Waals surface area (Å²) in [5.74, 6) is 0.743. The van der Waals surface area contributed by atoms with Crippen molar-refractivity contribution in [3.63, 3.8) is 0 Å². The van der Waals surface area contributed by atoms with Gasteiger partial charge in [0, 0.05) is 16.3 Å². The minimum Gasteiger partial charge on any atom is -0.494 e. The molecule has 1 heterocycles. The molecule has 0 aliphatic rings. The number of nitriles is 1. The molecule has 25 heavy (non-hydrogen) atoms. The highest BCUT2D eigenvalue weighted by Gasteiger charge is 2.12. The zero-order chi connectivity index (χ0) is 17.8. The normalized spacial score (nSPS) is 10.3. The van der Waals surface area contributed by atoms with Crippen LogP contribution in [0.4, 0.5) is 0 Å². The van der Waals surface area contributed by atoms with Crippen LogP contribution in [0.5, 0.6) is 5.75 Å². The summed E-state index contributed by atoms with van der Waals surface area (Å²) in [6, 6.07) is 18.3. The van der Waals surface area contributed by atoms with E-state index in [2.05, 4.69) is 4.98 Å². The molecule has 0 atom stereocenters. The summed E-state index contributed by atoms with van der Waals surface area (Å²) >= 11 is 5.92. The number of ether oxygens (including phenoxy) is 1. The Morgan fingerprint density at radius 3 is 2.32 bits per heavy atom. The Balaban J connectivity index is 2.13. The van der Waals surface area contributed by atoms with Crippen LogP contribution in [-0.4, -0.2) is 11.6 Å². The van der Waals surface area contributed by atoms with Gasteiger partial charge in [0.25, 0.3) is 5.56 Å². The van der Waals surface area contributed by atoms with Crippen molar-refractivity contribution in [1.29, 1.82) is 5.26 Å². The van der Waals surface area contributed by atoms with E-state index in [1.807, 2.05) is 49.4 Å². The third-order valence-corrected chi connectivity index (χ3v) is 4.03. The van der Waals surface area contributed by atoms with Gasteiger partial charge in [0.05, 0.1) is 6.61 Å². The second-order valence-electron chi connectivity index (χ2n) is 5.38. The first-order valence-electron chi connectivity index (χ1n) is 7.79. The molecule has 0 spiro atoms. The quantitative estimate of drug-likeness (QED) is 0.745. The Morgan fingerprint density at radius 1 is 1.08 bits per heavy atom. The van der Waals surface area contributed by atoms with E-state index in [4.69, 9.17) is 16.3 Å². The second-order valence-corrected chi connectivity index (χ2v) is 5.81. The van der Waals surface area contributed by atoms with E-state index in [-0.39, 0.29) is 5.56 Å². The summed E-state index contributed by atoms with van der Waals surface area (Å²) in [7, 11) is 0. The lowest BCUT2D eigenvalue weighted by molar-refractivity contribution is 0.340. The Bertz CT molecular complexity index is 984. The topological polar surface area (TPSA) is 65.9 Å². The Hall–Kier alpha value is -3.03. The predicted molar refractivity (Wildman–Crippen MR) is 98.8 cm³/mol. The summed E-state index contributed by atoms with van der Waals surface area (Å²) in [6.07, 6.45) is 0. The molecule has 4 nitrogen and oxygen atoms in total. The maximum absolute atomic E-state index is 12.3. The largest absolute Gasteiger partial charge is 0.494 e. The van der Waals surface area contributed by atoms with Gasteiger partial charge in [0.1, 0.15) is 17.4 Å². The van der Waals surface area contributed by atoms with Crippen molar-refractivity contribution in [3.05, 3.63) is 75.5 Å². The fourth-order valence-electron chi connectivity index (χ4n) is 2.58. The highest BCUT2D eigenvalue weighted by atomic mass is 35.5. The highest BCUT2D eigenvalue weighted by molar-refractivity contribution is 6.30. The first kappa shape index (κ1) is 16.8. The lowest BCUT2D eigenvalue weighted by Gasteiger charge is -2.09. The van der Waals surface area contributed by atoms with Gasteiger partial charge in [0.15, 0.2) is 0 Å². The molecule has 3 aromatic rings. The molecule has 1 N–H and O–H groups in total. The van der Waals surface area contributed by atoms with Crippen LogP contribution in [0.3, 0.4) is 0 Å². The van der Waals surface area contributed by atoms with Crippen molar-refractivity contribution in [2.45, 2.75) is 6.92 Å².